The van der Waals surface area contributed by atoms with Crippen LogP contribution in [0.5, 0.6) is 0 Å². The zero-order valence-electron chi connectivity index (χ0n) is 12.6. The molecule has 0 aromatic heterocycles. The maximum atomic E-state index is 11.3. The van der Waals surface area contributed by atoms with E-state index in [1.54, 1.807) is 0 Å². The Balaban J connectivity index is 1.81. The Kier molecular flexibility index (Phi) is 6.28. The number of ether oxygens (including phenoxy) is 1. The van der Waals surface area contributed by atoms with Gasteiger partial charge in [-0.15, -0.1) is 0 Å². The van der Waals surface area contributed by atoms with Crippen LogP contribution >= 0.6 is 11.6 Å². The highest BCUT2D eigenvalue weighted by molar-refractivity contribution is 6.30. The van der Waals surface area contributed by atoms with E-state index in [1.165, 1.54) is 5.56 Å². The van der Waals surface area contributed by atoms with Crippen molar-refractivity contribution >= 4 is 23.3 Å². The highest BCUT2D eigenvalue weighted by Crippen LogP contribution is 2.14. The van der Waals surface area contributed by atoms with Crippen molar-refractivity contribution in [3.05, 3.63) is 64.7 Å². The van der Waals surface area contributed by atoms with Crippen LogP contribution in [0.15, 0.2) is 48.5 Å². The van der Waals surface area contributed by atoms with Gasteiger partial charge in [0.05, 0.1) is 6.61 Å². The largest absolute Gasteiger partial charge is 0.466 e. The minimum atomic E-state index is -0.146. The van der Waals surface area contributed by atoms with Crippen molar-refractivity contribution in [1.82, 2.24) is 0 Å². The van der Waals surface area contributed by atoms with Gasteiger partial charge >= 0.3 is 5.97 Å². The highest BCUT2D eigenvalue weighted by atomic mass is 35.5. The number of aryl methyl sites for hydroxylation is 1. The monoisotopic (exact) mass is 317 g/mol. The minimum absolute atomic E-state index is 0.146. The van der Waals surface area contributed by atoms with Crippen molar-refractivity contribution in [3.63, 3.8) is 0 Å². The summed E-state index contributed by atoms with van der Waals surface area (Å²) in [5.74, 6) is -0.146. The van der Waals surface area contributed by atoms with Crippen molar-refractivity contribution in [3.8, 4) is 0 Å². The molecule has 0 aliphatic carbocycles. The number of halogens is 1. The Morgan fingerprint density at radius 3 is 2.32 bits per heavy atom. The van der Waals surface area contributed by atoms with E-state index >= 15 is 0 Å². The zero-order valence-corrected chi connectivity index (χ0v) is 13.4. The average Bonchev–Trinajstić information content (AvgIpc) is 2.54. The molecule has 0 saturated carbocycles. The summed E-state index contributed by atoms with van der Waals surface area (Å²) in [6.45, 7) is 3.00. The van der Waals surface area contributed by atoms with Crippen molar-refractivity contribution in [2.75, 3.05) is 11.9 Å². The number of hydrogen-bond donors (Lipinski definition) is 1. The van der Waals surface area contributed by atoms with Gasteiger partial charge in [0.25, 0.3) is 0 Å². The third-order valence-electron chi connectivity index (χ3n) is 3.29. The summed E-state index contributed by atoms with van der Waals surface area (Å²) < 4.78 is 4.92. The van der Waals surface area contributed by atoms with Gasteiger partial charge in [-0.3, -0.25) is 4.79 Å². The van der Waals surface area contributed by atoms with Gasteiger partial charge in [0.15, 0.2) is 0 Å². The summed E-state index contributed by atoms with van der Waals surface area (Å²) >= 11 is 5.86. The smallest absolute Gasteiger partial charge is 0.306 e. The normalized spacial score (nSPS) is 10.3. The van der Waals surface area contributed by atoms with Crippen LogP contribution < -0.4 is 5.32 Å². The highest BCUT2D eigenvalue weighted by Gasteiger charge is 2.02. The fourth-order valence-electron chi connectivity index (χ4n) is 2.08. The molecule has 116 valence electrons. The second kappa shape index (κ2) is 8.44. The summed E-state index contributed by atoms with van der Waals surface area (Å²) in [7, 11) is 0. The van der Waals surface area contributed by atoms with Crippen LogP contribution in [0.2, 0.25) is 5.02 Å². The Morgan fingerprint density at radius 2 is 1.68 bits per heavy atom. The molecule has 0 fully saturated rings. The Hall–Kier alpha value is -2.00. The lowest BCUT2D eigenvalue weighted by Crippen LogP contribution is -2.05. The molecule has 1 N–H and O–H groups in total. The Bertz CT molecular complexity index is 593. The van der Waals surface area contributed by atoms with E-state index in [2.05, 4.69) is 5.32 Å². The molecule has 0 radical (unpaired) electrons. The Morgan fingerprint density at radius 1 is 1.05 bits per heavy atom. The first kappa shape index (κ1) is 16.4. The number of benzene rings is 2. The lowest BCUT2D eigenvalue weighted by molar-refractivity contribution is -0.143. The summed E-state index contributed by atoms with van der Waals surface area (Å²) in [4.78, 5) is 11.3. The van der Waals surface area contributed by atoms with E-state index in [9.17, 15) is 4.79 Å². The molecule has 0 heterocycles. The second-order valence-corrected chi connectivity index (χ2v) is 5.42. The van der Waals surface area contributed by atoms with Gasteiger partial charge in [0, 0.05) is 23.7 Å². The van der Waals surface area contributed by atoms with Gasteiger partial charge in [-0.05, 0) is 48.7 Å². The zero-order chi connectivity index (χ0) is 15.8. The van der Waals surface area contributed by atoms with E-state index in [4.69, 9.17) is 16.3 Å². The molecule has 0 aliphatic heterocycles. The third kappa shape index (κ3) is 5.41. The van der Waals surface area contributed by atoms with Gasteiger partial charge in [0.2, 0.25) is 0 Å². The molecule has 2 rings (SSSR count). The SMILES string of the molecule is CCOC(=O)CCc1ccc(NCc2ccc(Cl)cc2)cc1. The number of nitrogens with one attached hydrogen (secondary N) is 1. The van der Waals surface area contributed by atoms with E-state index < -0.39 is 0 Å². The third-order valence-corrected chi connectivity index (χ3v) is 3.54. The Labute approximate surface area is 136 Å². The number of carbonyl (C=O) groups is 1. The molecule has 0 unspecified atom stereocenters. The van der Waals surface area contributed by atoms with Gasteiger partial charge < -0.3 is 10.1 Å². The molecular formula is C18H20ClNO2. The number of rotatable bonds is 7. The van der Waals surface area contributed by atoms with E-state index in [-0.39, 0.29) is 5.97 Å². The van der Waals surface area contributed by atoms with E-state index in [0.29, 0.717) is 19.4 Å². The van der Waals surface area contributed by atoms with Gasteiger partial charge in [-0.25, -0.2) is 0 Å². The summed E-state index contributed by atoms with van der Waals surface area (Å²) in [6, 6.07) is 15.9. The minimum Gasteiger partial charge on any atom is -0.466 e. The molecule has 0 bridgehead atoms. The maximum Gasteiger partial charge on any atom is 0.306 e. The average molecular weight is 318 g/mol. The fourth-order valence-corrected chi connectivity index (χ4v) is 2.20. The van der Waals surface area contributed by atoms with Crippen LogP contribution in [0.4, 0.5) is 5.69 Å². The molecule has 2 aromatic rings. The molecule has 4 heteroatoms. The second-order valence-electron chi connectivity index (χ2n) is 4.98. The van der Waals surface area contributed by atoms with Gasteiger partial charge in [-0.1, -0.05) is 35.9 Å². The topological polar surface area (TPSA) is 38.3 Å². The lowest BCUT2D eigenvalue weighted by Gasteiger charge is -2.08. The van der Waals surface area contributed by atoms with Gasteiger partial charge in [-0.2, -0.15) is 0 Å². The molecule has 3 nitrogen and oxygen atoms in total. The lowest BCUT2D eigenvalue weighted by atomic mass is 10.1. The molecule has 2 aromatic carbocycles. The van der Waals surface area contributed by atoms with E-state index in [1.807, 2.05) is 55.5 Å². The molecule has 0 atom stereocenters. The quantitative estimate of drug-likeness (QED) is 0.767. The molecule has 22 heavy (non-hydrogen) atoms. The van der Waals surface area contributed by atoms with Crippen LogP contribution in [0.3, 0.4) is 0 Å². The van der Waals surface area contributed by atoms with Crippen LogP contribution in [-0.4, -0.2) is 12.6 Å². The first-order valence-electron chi connectivity index (χ1n) is 7.40. The predicted molar refractivity (Wildman–Crippen MR) is 90.2 cm³/mol. The molecule has 0 saturated heterocycles. The van der Waals surface area contributed by atoms with Crippen LogP contribution in [0.1, 0.15) is 24.5 Å². The first-order chi connectivity index (χ1) is 10.7. The van der Waals surface area contributed by atoms with Crippen molar-refractivity contribution in [2.24, 2.45) is 0 Å². The van der Waals surface area contributed by atoms with Crippen molar-refractivity contribution < 1.29 is 9.53 Å². The van der Waals surface area contributed by atoms with Gasteiger partial charge in [0.1, 0.15) is 0 Å². The van der Waals surface area contributed by atoms with Crippen molar-refractivity contribution in [1.29, 1.82) is 0 Å². The number of carbonyl (C=O) groups excluding carboxylic acids is 1. The summed E-state index contributed by atoms with van der Waals surface area (Å²) in [5.41, 5.74) is 3.36. The summed E-state index contributed by atoms with van der Waals surface area (Å²) in [5, 5.41) is 4.10. The molecule has 0 amide bonds. The summed E-state index contributed by atoms with van der Waals surface area (Å²) in [6.07, 6.45) is 1.13. The van der Waals surface area contributed by atoms with Crippen LogP contribution in [-0.2, 0) is 22.5 Å². The molecular weight excluding hydrogens is 298 g/mol. The number of anilines is 1. The molecule has 0 spiro atoms. The maximum absolute atomic E-state index is 11.3. The standard InChI is InChI=1S/C18H20ClNO2/c1-2-22-18(21)12-7-14-5-10-17(11-6-14)20-13-15-3-8-16(19)9-4-15/h3-6,8-11,20H,2,7,12-13H2,1H3. The number of esters is 1. The first-order valence-corrected chi connectivity index (χ1v) is 7.78. The fraction of sp³-hybridized carbons (Fsp3) is 0.278. The van der Waals surface area contributed by atoms with Crippen LogP contribution in [0, 0.1) is 0 Å². The van der Waals surface area contributed by atoms with Crippen molar-refractivity contribution in [2.45, 2.75) is 26.3 Å². The predicted octanol–water partition coefficient (Wildman–Crippen LogP) is 4.45. The van der Waals surface area contributed by atoms with E-state index in [0.717, 1.165) is 22.8 Å². The number of hydrogen-bond acceptors (Lipinski definition) is 3. The van der Waals surface area contributed by atoms with Crippen LogP contribution in [0.25, 0.3) is 0 Å². The molecule has 0 aliphatic rings.